The number of anilines is 1. The number of hydrogen-bond acceptors (Lipinski definition) is 5. The first kappa shape index (κ1) is 14.7. The highest BCUT2D eigenvalue weighted by Crippen LogP contribution is 2.44. The number of fused-ring (bicyclic) bond motifs is 2. The highest BCUT2D eigenvalue weighted by atomic mass is 19.1. The van der Waals surface area contributed by atoms with Crippen LogP contribution in [0.5, 0.6) is 5.75 Å². The maximum absolute atomic E-state index is 15.0. The first-order valence-corrected chi connectivity index (χ1v) is 8.62. The van der Waals surface area contributed by atoms with E-state index < -0.39 is 0 Å². The zero-order valence-electron chi connectivity index (χ0n) is 14.1. The van der Waals surface area contributed by atoms with Gasteiger partial charge in [-0.3, -0.25) is 9.36 Å². The molecule has 25 heavy (non-hydrogen) atoms. The minimum absolute atomic E-state index is 0.152. The molecule has 7 heteroatoms. The molecule has 0 unspecified atom stereocenters. The number of aryl methyl sites for hydroxylation is 1. The summed E-state index contributed by atoms with van der Waals surface area (Å²) in [6.45, 7) is 5.52. The van der Waals surface area contributed by atoms with Crippen LogP contribution in [0.2, 0.25) is 0 Å². The van der Waals surface area contributed by atoms with E-state index in [1.54, 1.807) is 11.5 Å². The molecule has 2 aromatic heterocycles. The molecule has 3 aromatic rings. The Morgan fingerprint density at radius 2 is 2.08 bits per heavy atom. The van der Waals surface area contributed by atoms with Gasteiger partial charge in [0.05, 0.1) is 11.4 Å². The fourth-order valence-corrected chi connectivity index (χ4v) is 4.06. The van der Waals surface area contributed by atoms with Crippen molar-refractivity contribution in [2.75, 3.05) is 24.6 Å². The molecule has 0 N–H and O–H groups in total. The van der Waals surface area contributed by atoms with E-state index in [1.807, 2.05) is 11.8 Å². The van der Waals surface area contributed by atoms with Gasteiger partial charge in [0, 0.05) is 20.0 Å². The third kappa shape index (κ3) is 1.89. The molecule has 1 atom stereocenters. The number of oxazole rings is 1. The Kier molecular flexibility index (Phi) is 2.93. The minimum Gasteiger partial charge on any atom is -0.487 e. The van der Waals surface area contributed by atoms with E-state index in [4.69, 9.17) is 9.15 Å². The number of nitrogens with zero attached hydrogens (tertiary/aromatic N) is 3. The zero-order chi connectivity index (χ0) is 17.3. The van der Waals surface area contributed by atoms with Crippen molar-refractivity contribution in [1.29, 1.82) is 0 Å². The Morgan fingerprint density at radius 1 is 1.32 bits per heavy atom. The molecule has 0 radical (unpaired) electrons. The zero-order valence-corrected chi connectivity index (χ0v) is 14.1. The summed E-state index contributed by atoms with van der Waals surface area (Å²) >= 11 is 0. The van der Waals surface area contributed by atoms with Crippen LogP contribution >= 0.6 is 0 Å². The lowest BCUT2D eigenvalue weighted by Crippen LogP contribution is -2.32. The lowest BCUT2D eigenvalue weighted by molar-refractivity contribution is 0.245. The number of hydrogen-bond donors (Lipinski definition) is 0. The van der Waals surface area contributed by atoms with E-state index in [9.17, 15) is 4.79 Å². The summed E-state index contributed by atoms with van der Waals surface area (Å²) in [6.07, 6.45) is 2.06. The second-order valence-electron chi connectivity index (χ2n) is 6.87. The Bertz CT molecular complexity index is 1080. The van der Waals surface area contributed by atoms with Gasteiger partial charge in [-0.2, -0.15) is 0 Å². The van der Waals surface area contributed by atoms with Crippen molar-refractivity contribution in [3.8, 4) is 5.75 Å². The van der Waals surface area contributed by atoms with E-state index >= 15 is 4.39 Å². The third-order valence-electron chi connectivity index (χ3n) is 5.16. The lowest BCUT2D eigenvalue weighted by atomic mass is 10.1. The Balaban J connectivity index is 1.98. The predicted octanol–water partition coefficient (Wildman–Crippen LogP) is 3.14. The molecular formula is C18H18FN3O3. The molecule has 0 saturated carbocycles. The Labute approximate surface area is 142 Å². The summed E-state index contributed by atoms with van der Waals surface area (Å²) in [5.41, 5.74) is 1.43. The molecule has 2 aliphatic heterocycles. The highest BCUT2D eigenvalue weighted by Gasteiger charge is 2.32. The van der Waals surface area contributed by atoms with Crippen LogP contribution in [0.25, 0.3) is 22.0 Å². The molecular weight excluding hydrogens is 325 g/mol. The second kappa shape index (κ2) is 4.97. The molecule has 0 bridgehead atoms. The van der Waals surface area contributed by atoms with Gasteiger partial charge in [0.2, 0.25) is 0 Å². The maximum Gasteiger partial charge on any atom is 0.281 e. The Morgan fingerprint density at radius 3 is 2.84 bits per heavy atom. The Hall–Kier alpha value is -2.57. The van der Waals surface area contributed by atoms with Crippen LogP contribution < -0.4 is 15.2 Å². The maximum atomic E-state index is 15.0. The molecule has 5 rings (SSSR count). The van der Waals surface area contributed by atoms with Crippen LogP contribution in [-0.4, -0.2) is 29.2 Å². The van der Waals surface area contributed by atoms with Crippen molar-refractivity contribution in [1.82, 2.24) is 9.55 Å². The molecule has 1 aromatic carbocycles. The van der Waals surface area contributed by atoms with Crippen LogP contribution in [0.15, 0.2) is 15.3 Å². The monoisotopic (exact) mass is 343 g/mol. The van der Waals surface area contributed by atoms with Gasteiger partial charge in [-0.1, -0.05) is 0 Å². The predicted molar refractivity (Wildman–Crippen MR) is 92.1 cm³/mol. The van der Waals surface area contributed by atoms with Crippen LogP contribution in [0.4, 0.5) is 10.1 Å². The molecule has 4 heterocycles. The van der Waals surface area contributed by atoms with E-state index in [0.717, 1.165) is 25.9 Å². The van der Waals surface area contributed by atoms with Gasteiger partial charge in [0.1, 0.15) is 17.8 Å². The third-order valence-corrected chi connectivity index (χ3v) is 5.16. The number of pyridine rings is 1. The quantitative estimate of drug-likeness (QED) is 0.679. The van der Waals surface area contributed by atoms with Gasteiger partial charge in [0.15, 0.2) is 28.6 Å². The molecule has 0 amide bonds. The van der Waals surface area contributed by atoms with Crippen LogP contribution in [0, 0.1) is 12.7 Å². The van der Waals surface area contributed by atoms with Crippen LogP contribution in [0.3, 0.4) is 0 Å². The van der Waals surface area contributed by atoms with E-state index in [1.165, 1.54) is 6.07 Å². The highest BCUT2D eigenvalue weighted by molar-refractivity contribution is 6.05. The molecule has 0 aliphatic carbocycles. The largest absolute Gasteiger partial charge is 0.487 e. The molecule has 0 spiro atoms. The molecule has 1 fully saturated rings. The number of ether oxygens (including phenoxy) is 1. The average molecular weight is 343 g/mol. The van der Waals surface area contributed by atoms with Crippen molar-refractivity contribution in [2.24, 2.45) is 0 Å². The van der Waals surface area contributed by atoms with Gasteiger partial charge >= 0.3 is 0 Å². The fraction of sp³-hybridized carbons (Fsp3) is 0.444. The van der Waals surface area contributed by atoms with E-state index in [0.29, 0.717) is 40.4 Å². The van der Waals surface area contributed by atoms with Crippen molar-refractivity contribution >= 4 is 27.7 Å². The number of halogens is 1. The topological polar surface area (TPSA) is 60.5 Å². The fourth-order valence-electron chi connectivity index (χ4n) is 4.06. The minimum atomic E-state index is -0.348. The van der Waals surface area contributed by atoms with Gasteiger partial charge in [-0.05, 0) is 25.8 Å². The normalized spacial score (nSPS) is 19.8. The van der Waals surface area contributed by atoms with Crippen molar-refractivity contribution < 1.29 is 13.5 Å². The number of benzene rings is 1. The first-order chi connectivity index (χ1) is 12.1. The first-order valence-electron chi connectivity index (χ1n) is 8.62. The summed E-state index contributed by atoms with van der Waals surface area (Å²) in [7, 11) is 0. The molecule has 6 nitrogen and oxygen atoms in total. The van der Waals surface area contributed by atoms with Crippen LogP contribution in [0.1, 0.15) is 31.7 Å². The summed E-state index contributed by atoms with van der Waals surface area (Å²) in [4.78, 5) is 19.2. The second-order valence-corrected chi connectivity index (χ2v) is 6.87. The average Bonchev–Trinajstić information content (AvgIpc) is 3.22. The van der Waals surface area contributed by atoms with E-state index in [-0.39, 0.29) is 22.9 Å². The molecule has 1 saturated heterocycles. The van der Waals surface area contributed by atoms with Gasteiger partial charge < -0.3 is 14.1 Å². The van der Waals surface area contributed by atoms with Gasteiger partial charge in [-0.25, -0.2) is 9.37 Å². The summed E-state index contributed by atoms with van der Waals surface area (Å²) in [5.74, 6) is 0.493. The smallest absolute Gasteiger partial charge is 0.281 e. The SMILES string of the molecule is Cc1nc2c(=O)n3c4c(c(N5CCCC5)c(F)cc4c2o1)OC[C@@H]3C. The summed E-state index contributed by atoms with van der Waals surface area (Å²) < 4.78 is 28.3. The van der Waals surface area contributed by atoms with Crippen LogP contribution in [-0.2, 0) is 0 Å². The van der Waals surface area contributed by atoms with Gasteiger partial charge in [0.25, 0.3) is 5.56 Å². The van der Waals surface area contributed by atoms with Gasteiger partial charge in [-0.15, -0.1) is 0 Å². The summed E-state index contributed by atoms with van der Waals surface area (Å²) in [5, 5.41) is 0.539. The van der Waals surface area contributed by atoms with E-state index in [2.05, 4.69) is 4.98 Å². The summed E-state index contributed by atoms with van der Waals surface area (Å²) in [6, 6.07) is 1.30. The molecule has 2 aliphatic rings. The molecule has 130 valence electrons. The number of aromatic nitrogens is 2. The lowest BCUT2D eigenvalue weighted by Gasteiger charge is -2.30. The standard InChI is InChI=1S/C18H18FN3O3/c1-9-8-24-17-14-11(7-12(19)15(17)21-5-3-4-6-21)16-13(18(23)22(9)14)20-10(2)25-16/h7,9H,3-6,8H2,1-2H3/t9-/m0/s1. The van der Waals surface area contributed by atoms with Crippen molar-refractivity contribution in [3.63, 3.8) is 0 Å². The van der Waals surface area contributed by atoms with Crippen molar-refractivity contribution in [2.45, 2.75) is 32.7 Å². The number of rotatable bonds is 1. The van der Waals surface area contributed by atoms with Crippen molar-refractivity contribution in [3.05, 3.63) is 28.1 Å².